The molecule has 5 heteroatoms. The normalized spacial score (nSPS) is 11.0. The van der Waals surface area contributed by atoms with E-state index in [1.165, 1.54) is 18.2 Å². The lowest BCUT2D eigenvalue weighted by molar-refractivity contribution is -0.189. The molecule has 1 rings (SSSR count). The SMILES string of the molecule is O=C(Oc1[c]cccc1)C(F)(F)F. The highest BCUT2D eigenvalue weighted by Gasteiger charge is 2.41. The van der Waals surface area contributed by atoms with Crippen molar-refractivity contribution in [2.75, 3.05) is 0 Å². The molecule has 0 fully saturated rings. The van der Waals surface area contributed by atoms with Gasteiger partial charge in [0.15, 0.2) is 0 Å². The lowest BCUT2D eigenvalue weighted by Crippen LogP contribution is -2.27. The van der Waals surface area contributed by atoms with Gasteiger partial charge >= 0.3 is 12.1 Å². The summed E-state index contributed by atoms with van der Waals surface area (Å²) < 4.78 is 38.9. The summed E-state index contributed by atoms with van der Waals surface area (Å²) in [7, 11) is 0. The van der Waals surface area contributed by atoms with Gasteiger partial charge in [0.2, 0.25) is 0 Å². The summed E-state index contributed by atoms with van der Waals surface area (Å²) in [5, 5.41) is 0. The van der Waals surface area contributed by atoms with Gasteiger partial charge in [-0.2, -0.15) is 13.2 Å². The van der Waals surface area contributed by atoms with Crippen molar-refractivity contribution in [3.63, 3.8) is 0 Å². The number of rotatable bonds is 1. The van der Waals surface area contributed by atoms with Gasteiger partial charge in [-0.1, -0.05) is 18.2 Å². The van der Waals surface area contributed by atoms with Gasteiger partial charge in [0.1, 0.15) is 5.75 Å². The Morgan fingerprint density at radius 2 is 2.08 bits per heavy atom. The van der Waals surface area contributed by atoms with Gasteiger partial charge in [-0.25, -0.2) is 4.79 Å². The van der Waals surface area contributed by atoms with Gasteiger partial charge in [0.05, 0.1) is 0 Å². The molecule has 69 valence electrons. The van der Waals surface area contributed by atoms with E-state index in [1.54, 1.807) is 6.07 Å². The van der Waals surface area contributed by atoms with E-state index in [0.717, 1.165) is 0 Å². The third-order valence-corrected chi connectivity index (χ3v) is 1.11. The summed E-state index contributed by atoms with van der Waals surface area (Å²) >= 11 is 0. The van der Waals surface area contributed by atoms with Gasteiger partial charge in [-0.15, -0.1) is 0 Å². The van der Waals surface area contributed by atoms with Gasteiger partial charge in [-0.3, -0.25) is 0 Å². The second kappa shape index (κ2) is 3.47. The molecule has 0 aliphatic rings. The van der Waals surface area contributed by atoms with Crippen molar-refractivity contribution >= 4 is 5.97 Å². The number of ether oxygens (including phenoxy) is 1. The molecule has 1 aromatic rings. The van der Waals surface area contributed by atoms with Crippen LogP contribution < -0.4 is 4.74 Å². The van der Waals surface area contributed by atoms with Crippen molar-refractivity contribution < 1.29 is 22.7 Å². The van der Waals surface area contributed by atoms with Crippen molar-refractivity contribution in [1.29, 1.82) is 0 Å². The minimum absolute atomic E-state index is 0.246. The van der Waals surface area contributed by atoms with Crippen LogP contribution in [0, 0.1) is 6.07 Å². The topological polar surface area (TPSA) is 26.3 Å². The number of carbonyl (C=O) groups is 1. The van der Waals surface area contributed by atoms with Crippen molar-refractivity contribution in [2.45, 2.75) is 6.18 Å². The van der Waals surface area contributed by atoms with Crippen LogP contribution in [0.15, 0.2) is 24.3 Å². The molecular formula is C8H4F3O2. The monoisotopic (exact) mass is 189 g/mol. The Balaban J connectivity index is 2.66. The van der Waals surface area contributed by atoms with Crippen LogP contribution in [0.5, 0.6) is 5.75 Å². The molecule has 0 aliphatic heterocycles. The number of carbonyl (C=O) groups excluding carboxylic acids is 1. The number of halogens is 3. The first kappa shape index (κ1) is 9.57. The van der Waals surface area contributed by atoms with Gasteiger partial charge < -0.3 is 4.74 Å². The molecule has 0 aliphatic carbocycles. The maximum absolute atomic E-state index is 11.6. The summed E-state index contributed by atoms with van der Waals surface area (Å²) in [5.41, 5.74) is 0. The summed E-state index contributed by atoms with van der Waals surface area (Å²) in [4.78, 5) is 10.3. The van der Waals surface area contributed by atoms with Crippen LogP contribution in [0.4, 0.5) is 13.2 Å². The van der Waals surface area contributed by atoms with E-state index in [2.05, 4.69) is 10.8 Å². The standard InChI is InChI=1S/C8H4F3O2/c9-8(10,11)7(12)13-6-4-2-1-3-5-6/h1-4H. The Morgan fingerprint density at radius 3 is 2.54 bits per heavy atom. The van der Waals surface area contributed by atoms with Gasteiger partial charge in [-0.05, 0) is 6.07 Å². The molecule has 0 spiro atoms. The number of benzene rings is 1. The zero-order valence-electron chi connectivity index (χ0n) is 6.26. The fraction of sp³-hybridized carbons (Fsp3) is 0.125. The Morgan fingerprint density at radius 1 is 1.38 bits per heavy atom. The first-order valence-corrected chi connectivity index (χ1v) is 3.26. The Hall–Kier alpha value is -1.52. The first-order valence-electron chi connectivity index (χ1n) is 3.26. The van der Waals surface area contributed by atoms with E-state index in [0.29, 0.717) is 0 Å². The van der Waals surface area contributed by atoms with E-state index in [4.69, 9.17) is 0 Å². The number of hydrogen-bond donors (Lipinski definition) is 0. The van der Waals surface area contributed by atoms with E-state index in [9.17, 15) is 18.0 Å². The molecule has 0 saturated heterocycles. The molecular weight excluding hydrogens is 185 g/mol. The van der Waals surface area contributed by atoms with E-state index < -0.39 is 12.1 Å². The Bertz CT molecular complexity index is 292. The summed E-state index contributed by atoms with van der Waals surface area (Å²) in [6, 6.07) is 7.87. The van der Waals surface area contributed by atoms with Crippen LogP contribution in [0.25, 0.3) is 0 Å². The average Bonchev–Trinajstić information content (AvgIpc) is 2.04. The number of esters is 1. The van der Waals surface area contributed by atoms with Crippen molar-refractivity contribution in [3.8, 4) is 5.75 Å². The quantitative estimate of drug-likeness (QED) is 0.498. The lowest BCUT2D eigenvalue weighted by atomic mass is 10.3. The summed E-state index contributed by atoms with van der Waals surface area (Å²) in [6.45, 7) is 0. The van der Waals surface area contributed by atoms with Crippen LogP contribution in [-0.4, -0.2) is 12.1 Å². The minimum atomic E-state index is -4.97. The number of hydrogen-bond acceptors (Lipinski definition) is 2. The molecule has 0 saturated carbocycles. The van der Waals surface area contributed by atoms with Crippen LogP contribution in [0.1, 0.15) is 0 Å². The maximum atomic E-state index is 11.6. The van der Waals surface area contributed by atoms with Crippen LogP contribution >= 0.6 is 0 Å². The highest BCUT2D eigenvalue weighted by molar-refractivity contribution is 5.77. The zero-order valence-corrected chi connectivity index (χ0v) is 6.26. The van der Waals surface area contributed by atoms with Gasteiger partial charge in [0.25, 0.3) is 0 Å². The van der Waals surface area contributed by atoms with E-state index in [-0.39, 0.29) is 5.75 Å². The molecule has 1 radical (unpaired) electrons. The third-order valence-electron chi connectivity index (χ3n) is 1.11. The van der Waals surface area contributed by atoms with Crippen molar-refractivity contribution in [1.82, 2.24) is 0 Å². The summed E-state index contributed by atoms with van der Waals surface area (Å²) in [5.74, 6) is -2.49. The predicted octanol–water partition coefficient (Wildman–Crippen LogP) is 1.95. The van der Waals surface area contributed by atoms with E-state index >= 15 is 0 Å². The predicted molar refractivity (Wildman–Crippen MR) is 37.0 cm³/mol. The van der Waals surface area contributed by atoms with Crippen LogP contribution in [0.2, 0.25) is 0 Å². The van der Waals surface area contributed by atoms with Crippen molar-refractivity contribution in [3.05, 3.63) is 30.3 Å². The fourth-order valence-electron chi connectivity index (χ4n) is 0.598. The summed E-state index contributed by atoms with van der Waals surface area (Å²) in [6.07, 6.45) is -4.97. The first-order chi connectivity index (χ1) is 6.00. The molecule has 0 atom stereocenters. The largest absolute Gasteiger partial charge is 0.491 e. The highest BCUT2D eigenvalue weighted by Crippen LogP contribution is 2.18. The Kier molecular flexibility index (Phi) is 2.55. The molecule has 0 unspecified atom stereocenters. The van der Waals surface area contributed by atoms with E-state index in [1.807, 2.05) is 0 Å². The van der Waals surface area contributed by atoms with Crippen LogP contribution in [0.3, 0.4) is 0 Å². The smallest absolute Gasteiger partial charge is 0.419 e. The zero-order chi connectivity index (χ0) is 9.90. The molecule has 2 nitrogen and oxygen atoms in total. The molecule has 0 N–H and O–H groups in total. The average molecular weight is 189 g/mol. The van der Waals surface area contributed by atoms with Crippen molar-refractivity contribution in [2.24, 2.45) is 0 Å². The molecule has 0 heterocycles. The maximum Gasteiger partial charge on any atom is 0.491 e. The third kappa shape index (κ3) is 2.77. The highest BCUT2D eigenvalue weighted by atomic mass is 19.4. The molecule has 0 bridgehead atoms. The number of para-hydroxylation sites is 1. The molecule has 13 heavy (non-hydrogen) atoms. The molecule has 0 aromatic heterocycles. The van der Waals surface area contributed by atoms with Crippen LogP contribution in [-0.2, 0) is 4.79 Å². The number of alkyl halides is 3. The lowest BCUT2D eigenvalue weighted by Gasteiger charge is -2.05. The fourth-order valence-corrected chi connectivity index (χ4v) is 0.598. The van der Waals surface area contributed by atoms with Gasteiger partial charge in [0, 0.05) is 6.07 Å². The second-order valence-electron chi connectivity index (χ2n) is 2.11. The minimum Gasteiger partial charge on any atom is -0.419 e. The molecule has 1 aromatic carbocycles. The molecule has 0 amide bonds. The Labute approximate surface area is 71.9 Å². The second-order valence-corrected chi connectivity index (χ2v) is 2.11.